The number of nitrogens with one attached hydrogen (secondary N) is 1. The predicted molar refractivity (Wildman–Crippen MR) is 95.9 cm³/mol. The Morgan fingerprint density at radius 3 is 2.70 bits per heavy atom. The Hall–Kier alpha value is -0.910. The fourth-order valence-corrected chi connectivity index (χ4v) is 4.04. The summed E-state index contributed by atoms with van der Waals surface area (Å²) in [5.74, 6) is 0.799. The maximum Gasteiger partial charge on any atom is 0.220 e. The molecule has 2 rings (SSSR count). The molecule has 1 amide bonds. The summed E-state index contributed by atoms with van der Waals surface area (Å²) >= 11 is 1.72. The minimum atomic E-state index is 0.169. The Morgan fingerprint density at radius 1 is 1.35 bits per heavy atom. The lowest BCUT2D eigenvalue weighted by Crippen LogP contribution is -2.52. The molecule has 4 nitrogen and oxygen atoms in total. The number of hydrogen-bond donors (Lipinski definition) is 1. The first-order chi connectivity index (χ1) is 11.2. The number of hydrogen-bond acceptors (Lipinski definition) is 4. The van der Waals surface area contributed by atoms with E-state index in [0.717, 1.165) is 52.1 Å². The first-order valence-corrected chi connectivity index (χ1v) is 9.73. The summed E-state index contributed by atoms with van der Waals surface area (Å²) in [5.41, 5.74) is 0. The lowest BCUT2D eigenvalue weighted by Gasteiger charge is -2.38. The summed E-state index contributed by atoms with van der Waals surface area (Å²) in [6.07, 6.45) is 3.74. The molecule has 0 bridgehead atoms. The third-order valence-corrected chi connectivity index (χ3v) is 5.73. The number of thiophene rings is 1. The van der Waals surface area contributed by atoms with Crippen LogP contribution in [-0.4, -0.2) is 49.7 Å². The summed E-state index contributed by atoms with van der Waals surface area (Å²) in [4.78, 5) is 16.0. The van der Waals surface area contributed by atoms with E-state index in [1.807, 2.05) is 6.07 Å². The SMILES string of the molecule is CCC(CC)C(CNC(=O)CCc1cccs1)N1CCOCC1. The molecule has 5 heteroatoms. The van der Waals surface area contributed by atoms with E-state index in [1.165, 1.54) is 4.88 Å². The quantitative estimate of drug-likeness (QED) is 0.753. The molecule has 0 aliphatic carbocycles. The average molecular weight is 339 g/mol. The van der Waals surface area contributed by atoms with E-state index < -0.39 is 0 Å². The minimum absolute atomic E-state index is 0.169. The van der Waals surface area contributed by atoms with E-state index in [4.69, 9.17) is 4.74 Å². The van der Waals surface area contributed by atoms with Crippen LogP contribution in [0.2, 0.25) is 0 Å². The van der Waals surface area contributed by atoms with Crippen LogP contribution in [0.5, 0.6) is 0 Å². The van der Waals surface area contributed by atoms with Crippen molar-refractivity contribution in [3.63, 3.8) is 0 Å². The van der Waals surface area contributed by atoms with Crippen molar-refractivity contribution in [3.05, 3.63) is 22.4 Å². The highest BCUT2D eigenvalue weighted by Crippen LogP contribution is 2.19. The first-order valence-electron chi connectivity index (χ1n) is 8.85. The molecule has 2 heterocycles. The molecule has 1 fully saturated rings. The van der Waals surface area contributed by atoms with Crippen molar-refractivity contribution in [3.8, 4) is 0 Å². The molecule has 1 aliphatic rings. The van der Waals surface area contributed by atoms with Gasteiger partial charge in [-0.2, -0.15) is 0 Å². The molecule has 1 atom stereocenters. The summed E-state index contributed by atoms with van der Waals surface area (Å²) in [6.45, 7) is 8.83. The standard InChI is InChI=1S/C18H30N2O2S/c1-3-15(4-2)17(20-9-11-22-12-10-20)14-19-18(21)8-7-16-6-5-13-23-16/h5-6,13,15,17H,3-4,7-12,14H2,1-2H3,(H,19,21). The van der Waals surface area contributed by atoms with Crippen LogP contribution in [0.4, 0.5) is 0 Å². The zero-order chi connectivity index (χ0) is 16.5. The Kier molecular flexibility index (Phi) is 8.06. The van der Waals surface area contributed by atoms with Gasteiger partial charge >= 0.3 is 0 Å². The molecule has 1 N–H and O–H groups in total. The molecule has 0 radical (unpaired) electrons. The van der Waals surface area contributed by atoms with Crippen LogP contribution in [0.1, 0.15) is 38.0 Å². The lowest BCUT2D eigenvalue weighted by atomic mass is 9.92. The summed E-state index contributed by atoms with van der Waals surface area (Å²) in [7, 11) is 0. The van der Waals surface area contributed by atoms with Gasteiger partial charge < -0.3 is 10.1 Å². The third kappa shape index (κ3) is 5.90. The Balaban J connectivity index is 1.82. The van der Waals surface area contributed by atoms with Crippen molar-refractivity contribution in [2.45, 2.75) is 45.6 Å². The summed E-state index contributed by atoms with van der Waals surface area (Å²) in [5, 5.41) is 5.24. The number of ether oxygens (including phenoxy) is 1. The van der Waals surface area contributed by atoms with Crippen molar-refractivity contribution in [2.75, 3.05) is 32.8 Å². The van der Waals surface area contributed by atoms with Crippen LogP contribution in [0.3, 0.4) is 0 Å². The predicted octanol–water partition coefficient (Wildman–Crippen LogP) is 2.93. The highest BCUT2D eigenvalue weighted by Gasteiger charge is 2.27. The number of aryl methyl sites for hydroxylation is 1. The molecule has 1 aliphatic heterocycles. The summed E-state index contributed by atoms with van der Waals surface area (Å²) in [6, 6.07) is 4.57. The molecule has 0 saturated carbocycles. The van der Waals surface area contributed by atoms with Gasteiger partial charge in [-0.1, -0.05) is 32.8 Å². The lowest BCUT2D eigenvalue weighted by molar-refractivity contribution is -0.121. The topological polar surface area (TPSA) is 41.6 Å². The van der Waals surface area contributed by atoms with Crippen molar-refractivity contribution in [2.24, 2.45) is 5.92 Å². The fourth-order valence-electron chi connectivity index (χ4n) is 3.33. The number of carbonyl (C=O) groups excluding carboxylic acids is 1. The Labute approximate surface area is 144 Å². The van der Waals surface area contributed by atoms with Crippen LogP contribution >= 0.6 is 11.3 Å². The van der Waals surface area contributed by atoms with Gasteiger partial charge in [-0.25, -0.2) is 0 Å². The van der Waals surface area contributed by atoms with E-state index in [2.05, 4.69) is 35.5 Å². The van der Waals surface area contributed by atoms with E-state index in [0.29, 0.717) is 18.4 Å². The maximum atomic E-state index is 12.2. The van der Waals surface area contributed by atoms with Crippen molar-refractivity contribution >= 4 is 17.2 Å². The normalized spacial score (nSPS) is 17.3. The van der Waals surface area contributed by atoms with E-state index >= 15 is 0 Å². The van der Waals surface area contributed by atoms with Crippen molar-refractivity contribution in [1.82, 2.24) is 10.2 Å². The van der Waals surface area contributed by atoms with Gasteiger partial charge in [-0.3, -0.25) is 9.69 Å². The molecular weight excluding hydrogens is 308 g/mol. The first kappa shape index (κ1) is 18.4. The smallest absolute Gasteiger partial charge is 0.220 e. The molecule has 1 aromatic rings. The van der Waals surface area contributed by atoms with Gasteiger partial charge in [0.1, 0.15) is 0 Å². The number of morpholine rings is 1. The van der Waals surface area contributed by atoms with Crippen molar-refractivity contribution < 1.29 is 9.53 Å². The van der Waals surface area contributed by atoms with Crippen LogP contribution in [0.15, 0.2) is 17.5 Å². The largest absolute Gasteiger partial charge is 0.379 e. The van der Waals surface area contributed by atoms with Crippen LogP contribution < -0.4 is 5.32 Å². The zero-order valence-electron chi connectivity index (χ0n) is 14.4. The second kappa shape index (κ2) is 10.1. The van der Waals surface area contributed by atoms with Crippen LogP contribution in [0, 0.1) is 5.92 Å². The molecule has 130 valence electrons. The second-order valence-electron chi connectivity index (χ2n) is 6.18. The molecule has 1 aromatic heterocycles. The third-order valence-electron chi connectivity index (χ3n) is 4.79. The Bertz CT molecular complexity index is 440. The molecule has 1 saturated heterocycles. The van der Waals surface area contributed by atoms with E-state index in [1.54, 1.807) is 11.3 Å². The molecule has 0 spiro atoms. The number of rotatable bonds is 9. The molecule has 23 heavy (non-hydrogen) atoms. The maximum absolute atomic E-state index is 12.2. The zero-order valence-corrected chi connectivity index (χ0v) is 15.2. The molecule has 1 unspecified atom stereocenters. The molecule has 0 aromatic carbocycles. The van der Waals surface area contributed by atoms with Gasteiger partial charge in [0.05, 0.1) is 13.2 Å². The van der Waals surface area contributed by atoms with E-state index in [9.17, 15) is 4.79 Å². The Morgan fingerprint density at radius 2 is 2.09 bits per heavy atom. The molecular formula is C18H30N2O2S. The van der Waals surface area contributed by atoms with Gasteiger partial charge in [-0.05, 0) is 23.8 Å². The van der Waals surface area contributed by atoms with Gasteiger partial charge in [-0.15, -0.1) is 11.3 Å². The minimum Gasteiger partial charge on any atom is -0.379 e. The summed E-state index contributed by atoms with van der Waals surface area (Å²) < 4.78 is 5.47. The van der Waals surface area contributed by atoms with Gasteiger partial charge in [0.25, 0.3) is 0 Å². The fraction of sp³-hybridized carbons (Fsp3) is 0.722. The highest BCUT2D eigenvalue weighted by atomic mass is 32.1. The van der Waals surface area contributed by atoms with Crippen molar-refractivity contribution in [1.29, 1.82) is 0 Å². The monoisotopic (exact) mass is 338 g/mol. The second-order valence-corrected chi connectivity index (χ2v) is 7.21. The van der Waals surface area contributed by atoms with Gasteiger partial charge in [0, 0.05) is 37.0 Å². The number of carbonyl (C=O) groups is 1. The van der Waals surface area contributed by atoms with E-state index in [-0.39, 0.29) is 5.91 Å². The van der Waals surface area contributed by atoms with Gasteiger partial charge in [0.2, 0.25) is 5.91 Å². The highest BCUT2D eigenvalue weighted by molar-refractivity contribution is 7.09. The number of amides is 1. The van der Waals surface area contributed by atoms with Crippen LogP contribution in [-0.2, 0) is 16.0 Å². The average Bonchev–Trinajstić information content (AvgIpc) is 3.11. The van der Waals surface area contributed by atoms with Gasteiger partial charge in [0.15, 0.2) is 0 Å². The van der Waals surface area contributed by atoms with Crippen LogP contribution in [0.25, 0.3) is 0 Å². The number of nitrogens with zero attached hydrogens (tertiary/aromatic N) is 1.